The number of ether oxygens (including phenoxy) is 1. The smallest absolute Gasteiger partial charge is 0.320 e. The summed E-state index contributed by atoms with van der Waals surface area (Å²) in [5, 5.41) is 0. The van der Waals surface area contributed by atoms with E-state index in [2.05, 4.69) is 78.4 Å². The number of para-hydroxylation sites is 1. The number of hydrogen-bond donors (Lipinski definition) is 0. The highest BCUT2D eigenvalue weighted by Crippen LogP contribution is 2.37. The molecule has 3 aromatic rings. The second-order valence-electron chi connectivity index (χ2n) is 8.89. The zero-order valence-corrected chi connectivity index (χ0v) is 18.8. The third-order valence-corrected chi connectivity index (χ3v) is 6.74. The van der Waals surface area contributed by atoms with E-state index in [-0.39, 0.29) is 6.85 Å². The molecule has 1 aliphatic heterocycles. The van der Waals surface area contributed by atoms with Crippen LogP contribution in [-0.2, 0) is 0 Å². The minimum absolute atomic E-state index is 0.207. The molecule has 1 heterocycles. The molecule has 1 aliphatic carbocycles. The van der Waals surface area contributed by atoms with E-state index in [0.29, 0.717) is 5.92 Å². The van der Waals surface area contributed by atoms with Crippen molar-refractivity contribution < 1.29 is 4.74 Å². The van der Waals surface area contributed by atoms with Gasteiger partial charge in [-0.3, -0.25) is 0 Å². The summed E-state index contributed by atoms with van der Waals surface area (Å²) < 4.78 is 6.05. The van der Waals surface area contributed by atoms with Crippen LogP contribution in [0.3, 0.4) is 0 Å². The van der Waals surface area contributed by atoms with Gasteiger partial charge in [0.15, 0.2) is 0 Å². The zero-order valence-electron chi connectivity index (χ0n) is 18.8. The third-order valence-electron chi connectivity index (χ3n) is 6.74. The highest BCUT2D eigenvalue weighted by molar-refractivity contribution is 6.82. The van der Waals surface area contributed by atoms with Gasteiger partial charge >= 0.3 is 6.85 Å². The van der Waals surface area contributed by atoms with Crippen LogP contribution in [0.1, 0.15) is 37.7 Å². The van der Waals surface area contributed by atoms with Crippen molar-refractivity contribution in [2.45, 2.75) is 39.0 Å². The Bertz CT molecular complexity index is 1100. The van der Waals surface area contributed by atoms with Crippen molar-refractivity contribution >= 4 is 18.0 Å². The van der Waals surface area contributed by atoms with Crippen LogP contribution in [0.15, 0.2) is 103 Å². The SMILES string of the molecule is Cc1ccccc1B1C=CC=C(C2CCCCC2)N1c1ccc(Oc2ccccc2)cc1. The second kappa shape index (κ2) is 9.52. The van der Waals surface area contributed by atoms with Crippen LogP contribution in [0, 0.1) is 12.8 Å². The second-order valence-corrected chi connectivity index (χ2v) is 8.89. The Balaban J connectivity index is 1.49. The zero-order chi connectivity index (χ0) is 21.8. The van der Waals surface area contributed by atoms with Crippen LogP contribution in [0.5, 0.6) is 11.5 Å². The summed E-state index contributed by atoms with van der Waals surface area (Å²) in [5.41, 5.74) is 5.38. The maximum atomic E-state index is 6.05. The van der Waals surface area contributed by atoms with E-state index in [1.807, 2.05) is 30.3 Å². The minimum Gasteiger partial charge on any atom is -0.457 e. The Hall–Kier alpha value is -3.20. The standard InChI is InChI=1S/C29H30BNO/c1-23-11-8-9-16-28(23)30-22-10-17-29(24-12-4-2-5-13-24)31(30)25-18-20-27(21-19-25)32-26-14-6-3-7-15-26/h3,6-11,14-22,24H,2,4-5,12-13H2,1H3. The number of benzene rings is 3. The lowest BCUT2D eigenvalue weighted by Gasteiger charge is -2.40. The van der Waals surface area contributed by atoms with E-state index >= 15 is 0 Å². The Labute approximate surface area is 192 Å². The summed E-state index contributed by atoms with van der Waals surface area (Å²) in [6, 6.07) is 27.3. The lowest BCUT2D eigenvalue weighted by atomic mass is 9.51. The van der Waals surface area contributed by atoms with Gasteiger partial charge in [-0.15, -0.1) is 0 Å². The van der Waals surface area contributed by atoms with Gasteiger partial charge in [-0.25, -0.2) is 0 Å². The molecule has 0 saturated heterocycles. The molecule has 2 aliphatic rings. The average Bonchev–Trinajstić information content (AvgIpc) is 2.86. The normalized spacial score (nSPS) is 16.7. The van der Waals surface area contributed by atoms with E-state index < -0.39 is 0 Å². The Morgan fingerprint density at radius 2 is 1.47 bits per heavy atom. The number of rotatable bonds is 5. The monoisotopic (exact) mass is 419 g/mol. The lowest BCUT2D eigenvalue weighted by Crippen LogP contribution is -2.50. The molecule has 0 amide bonds. The molecule has 0 spiro atoms. The summed E-state index contributed by atoms with van der Waals surface area (Å²) in [6.45, 7) is 2.43. The van der Waals surface area contributed by atoms with Crippen molar-refractivity contribution in [2.24, 2.45) is 5.92 Å². The summed E-state index contributed by atoms with van der Waals surface area (Å²) >= 11 is 0. The van der Waals surface area contributed by atoms with Crippen molar-refractivity contribution in [1.82, 2.24) is 0 Å². The molecule has 2 nitrogen and oxygen atoms in total. The molecular formula is C29H30BNO. The summed E-state index contributed by atoms with van der Waals surface area (Å²) in [4.78, 5) is 2.56. The van der Waals surface area contributed by atoms with E-state index in [1.54, 1.807) is 0 Å². The van der Waals surface area contributed by atoms with Gasteiger partial charge in [-0.1, -0.05) is 79.3 Å². The molecule has 0 aromatic heterocycles. The van der Waals surface area contributed by atoms with Crippen LogP contribution in [0.4, 0.5) is 5.69 Å². The molecule has 32 heavy (non-hydrogen) atoms. The number of hydrogen-bond acceptors (Lipinski definition) is 2. The van der Waals surface area contributed by atoms with Gasteiger partial charge < -0.3 is 9.55 Å². The summed E-state index contributed by atoms with van der Waals surface area (Å²) in [5.74, 6) is 4.69. The van der Waals surface area contributed by atoms with Gasteiger partial charge in [0.05, 0.1) is 0 Å². The number of nitrogens with zero attached hydrogens (tertiary/aromatic N) is 1. The Morgan fingerprint density at radius 3 is 2.22 bits per heavy atom. The predicted molar refractivity (Wildman–Crippen MR) is 136 cm³/mol. The molecule has 3 aromatic carbocycles. The largest absolute Gasteiger partial charge is 0.457 e. The van der Waals surface area contributed by atoms with Crippen LogP contribution in [0.2, 0.25) is 0 Å². The van der Waals surface area contributed by atoms with Crippen molar-refractivity contribution in [1.29, 1.82) is 0 Å². The first-order valence-electron chi connectivity index (χ1n) is 11.9. The first-order chi connectivity index (χ1) is 15.8. The number of anilines is 1. The molecule has 160 valence electrons. The topological polar surface area (TPSA) is 12.5 Å². The number of aryl methyl sites for hydroxylation is 1. The molecule has 1 fully saturated rings. The lowest BCUT2D eigenvalue weighted by molar-refractivity contribution is 0.400. The molecule has 3 heteroatoms. The molecule has 0 atom stereocenters. The van der Waals surface area contributed by atoms with Crippen LogP contribution in [-0.4, -0.2) is 6.85 Å². The first-order valence-corrected chi connectivity index (χ1v) is 11.9. The molecule has 0 bridgehead atoms. The molecular weight excluding hydrogens is 389 g/mol. The van der Waals surface area contributed by atoms with Crippen molar-refractivity contribution in [3.63, 3.8) is 0 Å². The summed E-state index contributed by atoms with van der Waals surface area (Å²) in [7, 11) is 0. The van der Waals surface area contributed by atoms with Gasteiger partial charge in [0, 0.05) is 11.4 Å². The highest BCUT2D eigenvalue weighted by Gasteiger charge is 2.33. The van der Waals surface area contributed by atoms with Crippen LogP contribution >= 0.6 is 0 Å². The maximum Gasteiger partial charge on any atom is 0.320 e. The fourth-order valence-electron chi connectivity index (χ4n) is 5.09. The van der Waals surface area contributed by atoms with Crippen LogP contribution < -0.4 is 15.0 Å². The first kappa shape index (κ1) is 20.7. The number of allylic oxidation sites excluding steroid dienone is 3. The molecule has 0 radical (unpaired) electrons. The van der Waals surface area contributed by atoms with E-state index in [0.717, 1.165) is 11.5 Å². The fraction of sp³-hybridized carbons (Fsp3) is 0.241. The Kier molecular flexibility index (Phi) is 6.16. The van der Waals surface area contributed by atoms with Gasteiger partial charge in [-0.2, -0.15) is 0 Å². The predicted octanol–water partition coefficient (Wildman–Crippen LogP) is 7.07. The van der Waals surface area contributed by atoms with E-state index in [9.17, 15) is 0 Å². The van der Waals surface area contributed by atoms with Crippen molar-refractivity contribution in [3.05, 3.63) is 108 Å². The van der Waals surface area contributed by atoms with Crippen molar-refractivity contribution in [3.8, 4) is 11.5 Å². The summed E-state index contributed by atoms with van der Waals surface area (Å²) in [6.07, 6.45) is 11.2. The van der Waals surface area contributed by atoms with Gasteiger partial charge in [-0.05, 0) is 73.6 Å². The third kappa shape index (κ3) is 4.38. The molecule has 5 rings (SSSR count). The highest BCUT2D eigenvalue weighted by atomic mass is 16.5. The van der Waals surface area contributed by atoms with Gasteiger partial charge in [0.2, 0.25) is 0 Å². The molecule has 0 unspecified atom stereocenters. The maximum absolute atomic E-state index is 6.05. The minimum atomic E-state index is 0.207. The fourth-order valence-corrected chi connectivity index (χ4v) is 5.09. The quantitative estimate of drug-likeness (QED) is 0.410. The van der Waals surface area contributed by atoms with Crippen LogP contribution in [0.25, 0.3) is 0 Å². The van der Waals surface area contributed by atoms with Crippen molar-refractivity contribution in [2.75, 3.05) is 4.81 Å². The van der Waals surface area contributed by atoms with Gasteiger partial charge in [0.1, 0.15) is 11.5 Å². The molecule has 1 saturated carbocycles. The van der Waals surface area contributed by atoms with Gasteiger partial charge in [0.25, 0.3) is 0 Å². The molecule has 0 N–H and O–H groups in total. The van der Waals surface area contributed by atoms with E-state index in [4.69, 9.17) is 4.74 Å². The average molecular weight is 419 g/mol. The Morgan fingerprint density at radius 1 is 0.781 bits per heavy atom. The van der Waals surface area contributed by atoms with E-state index in [1.165, 1.54) is 54.5 Å².